The molecule has 4 heteroatoms. The standard InChI is InChI=1S/C16H26N2O2/c1-4-12-6-5-8-18(9-7-12)14-11-16(20-3)15(19-2)10-13(14)17/h10-12H,4-9,17H2,1-3H3. The van der Waals surface area contributed by atoms with Crippen molar-refractivity contribution in [3.8, 4) is 11.5 Å². The molecule has 1 aromatic carbocycles. The second-order valence-corrected chi connectivity index (χ2v) is 5.46. The molecule has 1 atom stereocenters. The van der Waals surface area contributed by atoms with E-state index in [1.54, 1.807) is 14.2 Å². The number of nitrogens with zero attached hydrogens (tertiary/aromatic N) is 1. The van der Waals surface area contributed by atoms with Gasteiger partial charge >= 0.3 is 0 Å². The summed E-state index contributed by atoms with van der Waals surface area (Å²) in [5.74, 6) is 2.28. The van der Waals surface area contributed by atoms with E-state index in [1.807, 2.05) is 12.1 Å². The number of nitrogen functional groups attached to an aromatic ring is 1. The number of hydrogen-bond donors (Lipinski definition) is 1. The lowest BCUT2D eigenvalue weighted by Crippen LogP contribution is -2.25. The van der Waals surface area contributed by atoms with Crippen LogP contribution >= 0.6 is 0 Å². The van der Waals surface area contributed by atoms with Crippen molar-refractivity contribution >= 4 is 11.4 Å². The Bertz CT molecular complexity index is 448. The van der Waals surface area contributed by atoms with Crippen LogP contribution in [0.5, 0.6) is 11.5 Å². The predicted molar refractivity (Wildman–Crippen MR) is 83.8 cm³/mol. The fourth-order valence-electron chi connectivity index (χ4n) is 2.97. The summed E-state index contributed by atoms with van der Waals surface area (Å²) in [5.41, 5.74) is 8.02. The summed E-state index contributed by atoms with van der Waals surface area (Å²) in [7, 11) is 3.29. The normalized spacial score (nSPS) is 19.6. The smallest absolute Gasteiger partial charge is 0.162 e. The van der Waals surface area contributed by atoms with Crippen LogP contribution in [0.2, 0.25) is 0 Å². The molecule has 1 saturated heterocycles. The summed E-state index contributed by atoms with van der Waals surface area (Å²) in [6.45, 7) is 4.42. The molecule has 0 aromatic heterocycles. The zero-order chi connectivity index (χ0) is 14.5. The minimum Gasteiger partial charge on any atom is -0.493 e. The molecular weight excluding hydrogens is 252 g/mol. The monoisotopic (exact) mass is 278 g/mol. The van der Waals surface area contributed by atoms with Crippen LogP contribution in [0, 0.1) is 5.92 Å². The van der Waals surface area contributed by atoms with Gasteiger partial charge in [-0.2, -0.15) is 0 Å². The van der Waals surface area contributed by atoms with E-state index in [0.29, 0.717) is 5.75 Å². The zero-order valence-electron chi connectivity index (χ0n) is 12.8. The van der Waals surface area contributed by atoms with E-state index in [9.17, 15) is 0 Å². The van der Waals surface area contributed by atoms with Gasteiger partial charge < -0.3 is 20.1 Å². The molecule has 1 aliphatic rings. The maximum absolute atomic E-state index is 6.19. The molecule has 1 aromatic rings. The lowest BCUT2D eigenvalue weighted by molar-refractivity contribution is 0.355. The van der Waals surface area contributed by atoms with Crippen LogP contribution in [0.25, 0.3) is 0 Å². The van der Waals surface area contributed by atoms with Gasteiger partial charge in [0.2, 0.25) is 0 Å². The van der Waals surface area contributed by atoms with Crippen molar-refractivity contribution in [2.45, 2.75) is 32.6 Å². The largest absolute Gasteiger partial charge is 0.493 e. The van der Waals surface area contributed by atoms with Crippen LogP contribution in [-0.4, -0.2) is 27.3 Å². The highest BCUT2D eigenvalue weighted by atomic mass is 16.5. The van der Waals surface area contributed by atoms with Crippen LogP contribution in [0.1, 0.15) is 32.6 Å². The van der Waals surface area contributed by atoms with Crippen molar-refractivity contribution < 1.29 is 9.47 Å². The SMILES string of the molecule is CCC1CCCN(c2cc(OC)c(OC)cc2N)CC1. The van der Waals surface area contributed by atoms with Crippen LogP contribution < -0.4 is 20.1 Å². The lowest BCUT2D eigenvalue weighted by atomic mass is 9.98. The fraction of sp³-hybridized carbons (Fsp3) is 0.625. The average molecular weight is 278 g/mol. The molecule has 1 aliphatic heterocycles. The maximum Gasteiger partial charge on any atom is 0.162 e. The van der Waals surface area contributed by atoms with Crippen molar-refractivity contribution in [1.29, 1.82) is 0 Å². The molecule has 0 bridgehead atoms. The maximum atomic E-state index is 6.19. The van der Waals surface area contributed by atoms with Gasteiger partial charge in [-0.15, -0.1) is 0 Å². The molecule has 20 heavy (non-hydrogen) atoms. The first-order valence-electron chi connectivity index (χ1n) is 7.46. The van der Waals surface area contributed by atoms with Crippen LogP contribution in [0.4, 0.5) is 11.4 Å². The van der Waals surface area contributed by atoms with Crippen LogP contribution in [0.3, 0.4) is 0 Å². The summed E-state index contributed by atoms with van der Waals surface area (Å²) in [4.78, 5) is 2.38. The molecule has 0 amide bonds. The van der Waals surface area contributed by atoms with E-state index >= 15 is 0 Å². The molecule has 0 radical (unpaired) electrons. The molecule has 1 fully saturated rings. The van der Waals surface area contributed by atoms with Crippen molar-refractivity contribution in [3.05, 3.63) is 12.1 Å². The van der Waals surface area contributed by atoms with Gasteiger partial charge in [0.05, 0.1) is 25.6 Å². The molecular formula is C16H26N2O2. The molecule has 2 N–H and O–H groups in total. The molecule has 4 nitrogen and oxygen atoms in total. The second-order valence-electron chi connectivity index (χ2n) is 5.46. The Morgan fingerprint density at radius 2 is 1.85 bits per heavy atom. The number of hydrogen-bond acceptors (Lipinski definition) is 4. The third-order valence-electron chi connectivity index (χ3n) is 4.30. The zero-order valence-corrected chi connectivity index (χ0v) is 12.8. The molecule has 1 unspecified atom stereocenters. The van der Waals surface area contributed by atoms with Gasteiger partial charge in [-0.3, -0.25) is 0 Å². The minimum absolute atomic E-state index is 0.690. The first-order valence-corrected chi connectivity index (χ1v) is 7.46. The van der Waals surface area contributed by atoms with E-state index in [1.165, 1.54) is 25.7 Å². The second kappa shape index (κ2) is 6.73. The van der Waals surface area contributed by atoms with Crippen molar-refractivity contribution in [1.82, 2.24) is 0 Å². The summed E-state index contributed by atoms with van der Waals surface area (Å²) < 4.78 is 10.7. The Kier molecular flexibility index (Phi) is 4.99. The van der Waals surface area contributed by atoms with Gasteiger partial charge in [-0.05, 0) is 25.2 Å². The topological polar surface area (TPSA) is 47.7 Å². The van der Waals surface area contributed by atoms with Crippen LogP contribution in [0.15, 0.2) is 12.1 Å². The van der Waals surface area contributed by atoms with Gasteiger partial charge in [-0.25, -0.2) is 0 Å². The molecule has 2 rings (SSSR count). The summed E-state index contributed by atoms with van der Waals surface area (Å²) in [6.07, 6.45) is 5.06. The summed E-state index contributed by atoms with van der Waals surface area (Å²) >= 11 is 0. The fourth-order valence-corrected chi connectivity index (χ4v) is 2.97. The Morgan fingerprint density at radius 3 is 2.50 bits per heavy atom. The average Bonchev–Trinajstić information content (AvgIpc) is 2.72. The third kappa shape index (κ3) is 3.11. The van der Waals surface area contributed by atoms with Gasteiger partial charge in [0.25, 0.3) is 0 Å². The van der Waals surface area contributed by atoms with E-state index in [4.69, 9.17) is 15.2 Å². The Morgan fingerprint density at radius 1 is 1.15 bits per heavy atom. The van der Waals surface area contributed by atoms with Gasteiger partial charge in [0.15, 0.2) is 11.5 Å². The highest BCUT2D eigenvalue weighted by Gasteiger charge is 2.19. The van der Waals surface area contributed by atoms with E-state index < -0.39 is 0 Å². The Balaban J connectivity index is 2.23. The minimum atomic E-state index is 0.690. The van der Waals surface area contributed by atoms with Gasteiger partial charge in [0.1, 0.15) is 0 Å². The van der Waals surface area contributed by atoms with Crippen molar-refractivity contribution in [3.63, 3.8) is 0 Å². The molecule has 0 saturated carbocycles. The first-order chi connectivity index (χ1) is 9.69. The highest BCUT2D eigenvalue weighted by molar-refractivity contribution is 5.73. The number of benzene rings is 1. The Labute approximate surface area is 121 Å². The van der Waals surface area contributed by atoms with E-state index in [2.05, 4.69) is 11.8 Å². The van der Waals surface area contributed by atoms with E-state index in [0.717, 1.165) is 36.1 Å². The van der Waals surface area contributed by atoms with Gasteiger partial charge in [0, 0.05) is 25.2 Å². The third-order valence-corrected chi connectivity index (χ3v) is 4.30. The molecule has 1 heterocycles. The first kappa shape index (κ1) is 14.8. The van der Waals surface area contributed by atoms with Crippen molar-refractivity contribution in [2.75, 3.05) is 37.9 Å². The molecule has 0 aliphatic carbocycles. The molecule has 112 valence electrons. The van der Waals surface area contributed by atoms with E-state index in [-0.39, 0.29) is 0 Å². The lowest BCUT2D eigenvalue weighted by Gasteiger charge is -2.25. The Hall–Kier alpha value is -1.58. The highest BCUT2D eigenvalue weighted by Crippen LogP contribution is 2.37. The van der Waals surface area contributed by atoms with Gasteiger partial charge in [-0.1, -0.05) is 13.3 Å². The number of nitrogens with two attached hydrogens (primary N) is 1. The number of ether oxygens (including phenoxy) is 2. The quantitative estimate of drug-likeness (QED) is 0.858. The predicted octanol–water partition coefficient (Wildman–Crippen LogP) is 3.30. The van der Waals surface area contributed by atoms with Crippen LogP contribution in [-0.2, 0) is 0 Å². The number of rotatable bonds is 4. The number of anilines is 2. The molecule has 0 spiro atoms. The number of methoxy groups -OCH3 is 2. The summed E-state index contributed by atoms with van der Waals surface area (Å²) in [5, 5.41) is 0. The summed E-state index contributed by atoms with van der Waals surface area (Å²) in [6, 6.07) is 3.86. The van der Waals surface area contributed by atoms with Crippen molar-refractivity contribution in [2.24, 2.45) is 5.92 Å².